The fourth-order valence-electron chi connectivity index (χ4n) is 2.08. The Bertz CT molecular complexity index is 514. The van der Waals surface area contributed by atoms with Crippen molar-refractivity contribution in [2.45, 2.75) is 53.1 Å². The SMILES string of the molecule is CCCCOC=C(C)c1ccc(C(C)=COCCC(C)OC)cc1. The summed E-state index contributed by atoms with van der Waals surface area (Å²) >= 11 is 0. The molecule has 0 fully saturated rings. The van der Waals surface area contributed by atoms with Crippen LogP contribution in [0.2, 0.25) is 0 Å². The molecule has 0 saturated carbocycles. The van der Waals surface area contributed by atoms with Crippen LogP contribution in [0.15, 0.2) is 36.8 Å². The lowest BCUT2D eigenvalue weighted by molar-refractivity contribution is 0.0877. The Morgan fingerprint density at radius 2 is 1.46 bits per heavy atom. The molecule has 134 valence electrons. The average Bonchev–Trinajstić information content (AvgIpc) is 2.61. The molecule has 1 unspecified atom stereocenters. The van der Waals surface area contributed by atoms with Crippen LogP contribution in [-0.4, -0.2) is 26.4 Å². The van der Waals surface area contributed by atoms with E-state index >= 15 is 0 Å². The van der Waals surface area contributed by atoms with Gasteiger partial charge in [-0.25, -0.2) is 0 Å². The first-order valence-corrected chi connectivity index (χ1v) is 8.78. The molecule has 24 heavy (non-hydrogen) atoms. The van der Waals surface area contributed by atoms with Crippen molar-refractivity contribution in [3.63, 3.8) is 0 Å². The summed E-state index contributed by atoms with van der Waals surface area (Å²) in [5, 5.41) is 0. The number of hydrogen-bond donors (Lipinski definition) is 0. The topological polar surface area (TPSA) is 27.7 Å². The number of benzene rings is 1. The third-order valence-corrected chi connectivity index (χ3v) is 3.98. The van der Waals surface area contributed by atoms with E-state index in [-0.39, 0.29) is 6.10 Å². The molecule has 1 aromatic rings. The molecule has 0 heterocycles. The lowest BCUT2D eigenvalue weighted by atomic mass is 10.0. The molecule has 3 nitrogen and oxygen atoms in total. The second-order valence-corrected chi connectivity index (χ2v) is 6.11. The summed E-state index contributed by atoms with van der Waals surface area (Å²) in [5.74, 6) is 0. The first-order valence-electron chi connectivity index (χ1n) is 8.78. The number of rotatable bonds is 11. The standard InChI is InChI=1S/C21H32O3/c1-6-7-13-23-15-17(2)20-8-10-21(11-9-20)18(3)16-24-14-12-19(4)22-5/h8-11,15-16,19H,6-7,12-14H2,1-5H3. The molecule has 3 heteroatoms. The number of unbranched alkanes of at least 4 members (excludes halogenated alkanes) is 1. The van der Waals surface area contributed by atoms with E-state index in [0.717, 1.165) is 37.0 Å². The fourth-order valence-corrected chi connectivity index (χ4v) is 2.08. The fraction of sp³-hybridized carbons (Fsp3) is 0.524. The number of methoxy groups -OCH3 is 1. The van der Waals surface area contributed by atoms with Gasteiger partial charge < -0.3 is 14.2 Å². The predicted octanol–water partition coefficient (Wildman–Crippen LogP) is 5.67. The van der Waals surface area contributed by atoms with Crippen molar-refractivity contribution in [3.05, 3.63) is 47.9 Å². The molecule has 0 aliphatic rings. The minimum atomic E-state index is 0.229. The molecule has 0 saturated heterocycles. The molecule has 0 amide bonds. The number of hydrogen-bond acceptors (Lipinski definition) is 3. The highest BCUT2D eigenvalue weighted by Crippen LogP contribution is 2.19. The van der Waals surface area contributed by atoms with Crippen LogP contribution in [0.1, 0.15) is 58.1 Å². The second kappa shape index (κ2) is 11.7. The largest absolute Gasteiger partial charge is 0.501 e. The maximum atomic E-state index is 5.60. The van der Waals surface area contributed by atoms with Gasteiger partial charge in [0.25, 0.3) is 0 Å². The quantitative estimate of drug-likeness (QED) is 0.386. The van der Waals surface area contributed by atoms with Crippen molar-refractivity contribution in [3.8, 4) is 0 Å². The first kappa shape index (κ1) is 20.3. The van der Waals surface area contributed by atoms with Crippen molar-refractivity contribution in [2.24, 2.45) is 0 Å². The zero-order valence-electron chi connectivity index (χ0n) is 15.8. The lowest BCUT2D eigenvalue weighted by Gasteiger charge is -2.09. The third-order valence-electron chi connectivity index (χ3n) is 3.98. The van der Waals surface area contributed by atoms with Gasteiger partial charge in [0.2, 0.25) is 0 Å². The number of ether oxygens (including phenoxy) is 3. The molecule has 0 aliphatic heterocycles. The summed E-state index contributed by atoms with van der Waals surface area (Å²) in [6.45, 7) is 9.79. The van der Waals surface area contributed by atoms with Crippen molar-refractivity contribution < 1.29 is 14.2 Å². The van der Waals surface area contributed by atoms with Gasteiger partial charge >= 0.3 is 0 Å². The summed E-state index contributed by atoms with van der Waals surface area (Å²) in [7, 11) is 1.72. The summed E-state index contributed by atoms with van der Waals surface area (Å²) in [6.07, 6.45) is 7.05. The Kier molecular flexibility index (Phi) is 9.94. The van der Waals surface area contributed by atoms with E-state index < -0.39 is 0 Å². The van der Waals surface area contributed by atoms with Crippen LogP contribution >= 0.6 is 0 Å². The molecule has 1 atom stereocenters. The number of allylic oxidation sites excluding steroid dienone is 2. The molecule has 0 radical (unpaired) electrons. The van der Waals surface area contributed by atoms with E-state index in [2.05, 4.69) is 45.0 Å². The van der Waals surface area contributed by atoms with Gasteiger partial charge in [-0.2, -0.15) is 0 Å². The Labute approximate surface area is 147 Å². The van der Waals surface area contributed by atoms with Crippen molar-refractivity contribution >= 4 is 11.1 Å². The Morgan fingerprint density at radius 1 is 0.958 bits per heavy atom. The van der Waals surface area contributed by atoms with Crippen LogP contribution in [0, 0.1) is 0 Å². The molecule has 0 bridgehead atoms. The van der Waals surface area contributed by atoms with E-state index in [1.54, 1.807) is 7.11 Å². The maximum Gasteiger partial charge on any atom is 0.0898 e. The summed E-state index contributed by atoms with van der Waals surface area (Å²) in [6, 6.07) is 8.47. The summed E-state index contributed by atoms with van der Waals surface area (Å²) < 4.78 is 16.4. The molecule has 0 N–H and O–H groups in total. The monoisotopic (exact) mass is 332 g/mol. The Balaban J connectivity index is 2.53. The Hall–Kier alpha value is -1.74. The molecular formula is C21H32O3. The van der Waals surface area contributed by atoms with Crippen molar-refractivity contribution in [1.29, 1.82) is 0 Å². The van der Waals surface area contributed by atoms with Gasteiger partial charge in [-0.05, 0) is 49.5 Å². The molecule has 0 spiro atoms. The smallest absolute Gasteiger partial charge is 0.0898 e. The van der Waals surface area contributed by atoms with Crippen LogP contribution in [0.5, 0.6) is 0 Å². The highest BCUT2D eigenvalue weighted by Gasteiger charge is 2.01. The van der Waals surface area contributed by atoms with Crippen LogP contribution in [0.4, 0.5) is 0 Å². The Morgan fingerprint density at radius 3 is 1.92 bits per heavy atom. The third kappa shape index (κ3) is 7.69. The van der Waals surface area contributed by atoms with Gasteiger partial charge in [0, 0.05) is 13.5 Å². The maximum absolute atomic E-state index is 5.60. The van der Waals surface area contributed by atoms with Crippen LogP contribution in [0.25, 0.3) is 11.1 Å². The second-order valence-electron chi connectivity index (χ2n) is 6.11. The summed E-state index contributed by atoms with van der Waals surface area (Å²) in [4.78, 5) is 0. The minimum absolute atomic E-state index is 0.229. The minimum Gasteiger partial charge on any atom is -0.501 e. The van der Waals surface area contributed by atoms with Crippen LogP contribution < -0.4 is 0 Å². The lowest BCUT2D eigenvalue weighted by Crippen LogP contribution is -2.07. The predicted molar refractivity (Wildman–Crippen MR) is 102 cm³/mol. The van der Waals surface area contributed by atoms with E-state index in [1.165, 1.54) is 11.1 Å². The zero-order valence-corrected chi connectivity index (χ0v) is 15.8. The van der Waals surface area contributed by atoms with Crippen LogP contribution in [-0.2, 0) is 14.2 Å². The van der Waals surface area contributed by atoms with Gasteiger partial charge in [-0.1, -0.05) is 37.6 Å². The van der Waals surface area contributed by atoms with Gasteiger partial charge in [0.15, 0.2) is 0 Å². The molecule has 1 rings (SSSR count). The van der Waals surface area contributed by atoms with E-state index in [1.807, 2.05) is 19.4 Å². The van der Waals surface area contributed by atoms with Gasteiger partial charge in [-0.15, -0.1) is 0 Å². The van der Waals surface area contributed by atoms with Gasteiger partial charge in [-0.3, -0.25) is 0 Å². The van der Waals surface area contributed by atoms with Gasteiger partial charge in [0.1, 0.15) is 0 Å². The molecule has 0 aliphatic carbocycles. The molecule has 0 aromatic heterocycles. The normalized spacial score (nSPS) is 13.7. The summed E-state index contributed by atoms with van der Waals surface area (Å²) in [5.41, 5.74) is 4.60. The van der Waals surface area contributed by atoms with E-state index in [0.29, 0.717) is 6.61 Å². The molecule has 1 aromatic carbocycles. The van der Waals surface area contributed by atoms with E-state index in [4.69, 9.17) is 14.2 Å². The zero-order chi connectivity index (χ0) is 17.8. The van der Waals surface area contributed by atoms with Gasteiger partial charge in [0.05, 0.1) is 31.8 Å². The van der Waals surface area contributed by atoms with E-state index in [9.17, 15) is 0 Å². The molecular weight excluding hydrogens is 300 g/mol. The highest BCUT2D eigenvalue weighted by molar-refractivity contribution is 5.68. The van der Waals surface area contributed by atoms with Crippen molar-refractivity contribution in [2.75, 3.05) is 20.3 Å². The van der Waals surface area contributed by atoms with Crippen LogP contribution in [0.3, 0.4) is 0 Å². The first-order chi connectivity index (χ1) is 11.6. The van der Waals surface area contributed by atoms with Crippen molar-refractivity contribution in [1.82, 2.24) is 0 Å². The highest BCUT2D eigenvalue weighted by atomic mass is 16.5. The average molecular weight is 332 g/mol.